The third kappa shape index (κ3) is 4.80. The van der Waals surface area contributed by atoms with Crippen molar-refractivity contribution in [2.45, 2.75) is 13.8 Å². The van der Waals surface area contributed by atoms with Crippen molar-refractivity contribution < 1.29 is 14.3 Å². The average molecular weight is 387 g/mol. The van der Waals surface area contributed by atoms with Crippen LogP contribution in [-0.2, 0) is 4.79 Å². The van der Waals surface area contributed by atoms with Crippen LogP contribution in [0.2, 0.25) is 5.02 Å². The van der Waals surface area contributed by atoms with E-state index in [1.54, 1.807) is 19.1 Å². The van der Waals surface area contributed by atoms with Gasteiger partial charge in [-0.15, -0.1) is 0 Å². The van der Waals surface area contributed by atoms with Crippen molar-refractivity contribution in [1.29, 1.82) is 0 Å². The van der Waals surface area contributed by atoms with Gasteiger partial charge in [-0.25, -0.2) is 0 Å². The molecule has 3 rings (SSSR count). The Kier molecular flexibility index (Phi) is 6.01. The third-order valence-electron chi connectivity index (χ3n) is 4.76. The van der Waals surface area contributed by atoms with Gasteiger partial charge in [-0.1, -0.05) is 11.6 Å². The molecule has 27 heavy (non-hydrogen) atoms. The maximum Gasteiger partial charge on any atom is 0.260 e. The van der Waals surface area contributed by atoms with Gasteiger partial charge in [0.25, 0.3) is 5.91 Å². The summed E-state index contributed by atoms with van der Waals surface area (Å²) in [5.74, 6) is 0.723. The predicted octanol–water partition coefficient (Wildman–Crippen LogP) is 3.58. The van der Waals surface area contributed by atoms with Gasteiger partial charge in [-0.3, -0.25) is 9.59 Å². The van der Waals surface area contributed by atoms with Gasteiger partial charge in [0.15, 0.2) is 12.4 Å². The second-order valence-electron chi connectivity index (χ2n) is 6.67. The number of carbonyl (C=O) groups excluding carboxylic acids is 2. The normalized spacial score (nSPS) is 14.2. The van der Waals surface area contributed by atoms with Gasteiger partial charge in [0, 0.05) is 42.5 Å². The van der Waals surface area contributed by atoms with E-state index in [0.29, 0.717) is 29.4 Å². The molecule has 0 N–H and O–H groups in total. The molecule has 142 valence electrons. The molecule has 1 amide bonds. The zero-order valence-electron chi connectivity index (χ0n) is 15.6. The highest BCUT2D eigenvalue weighted by Gasteiger charge is 2.22. The molecule has 6 heteroatoms. The third-order valence-corrected chi connectivity index (χ3v) is 4.99. The molecular formula is C21H23ClN2O3. The predicted molar refractivity (Wildman–Crippen MR) is 107 cm³/mol. The first-order valence-electron chi connectivity index (χ1n) is 8.97. The number of carbonyl (C=O) groups is 2. The van der Waals surface area contributed by atoms with Crippen molar-refractivity contribution in [3.8, 4) is 5.75 Å². The lowest BCUT2D eigenvalue weighted by Crippen LogP contribution is -2.50. The molecular weight excluding hydrogens is 364 g/mol. The first kappa shape index (κ1) is 19.2. The van der Waals surface area contributed by atoms with Crippen LogP contribution in [-0.4, -0.2) is 49.4 Å². The molecule has 0 aromatic heterocycles. The van der Waals surface area contributed by atoms with E-state index in [4.69, 9.17) is 16.3 Å². The zero-order valence-corrected chi connectivity index (χ0v) is 16.3. The highest BCUT2D eigenvalue weighted by molar-refractivity contribution is 6.30. The Morgan fingerprint density at radius 1 is 1.04 bits per heavy atom. The number of halogens is 1. The van der Waals surface area contributed by atoms with E-state index >= 15 is 0 Å². The van der Waals surface area contributed by atoms with Crippen molar-refractivity contribution >= 4 is 29.0 Å². The van der Waals surface area contributed by atoms with Crippen molar-refractivity contribution in [3.63, 3.8) is 0 Å². The number of hydrogen-bond donors (Lipinski definition) is 0. The highest BCUT2D eigenvalue weighted by Crippen LogP contribution is 2.22. The maximum absolute atomic E-state index is 12.4. The Morgan fingerprint density at radius 2 is 1.70 bits per heavy atom. The van der Waals surface area contributed by atoms with Crippen LogP contribution < -0.4 is 9.64 Å². The Bertz CT molecular complexity index is 828. The van der Waals surface area contributed by atoms with Gasteiger partial charge in [0.05, 0.1) is 0 Å². The molecule has 0 unspecified atom stereocenters. The van der Waals surface area contributed by atoms with E-state index in [2.05, 4.69) is 4.90 Å². The maximum atomic E-state index is 12.4. The molecule has 1 aliphatic heterocycles. The molecule has 1 saturated heterocycles. The quantitative estimate of drug-likeness (QED) is 0.737. The van der Waals surface area contributed by atoms with E-state index < -0.39 is 0 Å². The fourth-order valence-electron chi connectivity index (χ4n) is 3.13. The molecule has 1 aliphatic rings. The van der Waals surface area contributed by atoms with Crippen molar-refractivity contribution in [1.82, 2.24) is 4.90 Å². The number of amides is 1. The molecule has 2 aromatic carbocycles. The zero-order chi connectivity index (χ0) is 19.4. The van der Waals surface area contributed by atoms with Crippen LogP contribution in [0.25, 0.3) is 0 Å². The first-order chi connectivity index (χ1) is 12.9. The van der Waals surface area contributed by atoms with Crippen molar-refractivity contribution in [2.75, 3.05) is 37.7 Å². The first-order valence-corrected chi connectivity index (χ1v) is 9.34. The number of piperazine rings is 1. The summed E-state index contributed by atoms with van der Waals surface area (Å²) >= 11 is 5.94. The summed E-state index contributed by atoms with van der Waals surface area (Å²) in [6.07, 6.45) is 0. The number of rotatable bonds is 5. The van der Waals surface area contributed by atoms with Crippen molar-refractivity contribution in [2.24, 2.45) is 0 Å². The monoisotopic (exact) mass is 386 g/mol. The summed E-state index contributed by atoms with van der Waals surface area (Å²) in [6, 6.07) is 13.0. The van der Waals surface area contributed by atoms with Crippen LogP contribution in [0.3, 0.4) is 0 Å². The lowest BCUT2D eigenvalue weighted by molar-refractivity contribution is -0.133. The molecule has 5 nitrogen and oxygen atoms in total. The van der Waals surface area contributed by atoms with Gasteiger partial charge >= 0.3 is 0 Å². The number of ketones is 1. The molecule has 1 heterocycles. The molecule has 0 aliphatic carbocycles. The fraction of sp³-hybridized carbons (Fsp3) is 0.333. The largest absolute Gasteiger partial charge is 0.483 e. The summed E-state index contributed by atoms with van der Waals surface area (Å²) < 4.78 is 5.66. The number of nitrogens with zero attached hydrogens (tertiary/aromatic N) is 2. The average Bonchev–Trinajstić information content (AvgIpc) is 2.67. The van der Waals surface area contributed by atoms with Crippen molar-refractivity contribution in [3.05, 3.63) is 58.6 Å². The van der Waals surface area contributed by atoms with Gasteiger partial charge in [0.2, 0.25) is 0 Å². The van der Waals surface area contributed by atoms with E-state index in [9.17, 15) is 9.59 Å². The summed E-state index contributed by atoms with van der Waals surface area (Å²) in [6.45, 7) is 6.30. The lowest BCUT2D eigenvalue weighted by Gasteiger charge is -2.36. The minimum Gasteiger partial charge on any atom is -0.483 e. The number of hydrogen-bond acceptors (Lipinski definition) is 4. The molecule has 0 radical (unpaired) electrons. The number of aryl methyl sites for hydroxylation is 1. The van der Waals surface area contributed by atoms with Crippen LogP contribution in [0.5, 0.6) is 5.75 Å². The molecule has 2 aromatic rings. The molecule has 0 bridgehead atoms. The Labute approximate surface area is 164 Å². The van der Waals surface area contributed by atoms with Crippen LogP contribution in [0, 0.1) is 6.92 Å². The summed E-state index contributed by atoms with van der Waals surface area (Å²) in [5, 5.41) is 0.652. The molecule has 0 atom stereocenters. The smallest absolute Gasteiger partial charge is 0.260 e. The number of ether oxygens (including phenoxy) is 1. The fourth-order valence-corrected chi connectivity index (χ4v) is 3.35. The standard InChI is InChI=1S/C21H23ClN2O3/c1-15-13-18(22)5-8-20(15)27-14-21(26)24-11-9-23(10-12-24)19-6-3-17(4-7-19)16(2)25/h3-8,13H,9-12,14H2,1-2H3. The van der Waals surface area contributed by atoms with E-state index in [1.807, 2.05) is 42.2 Å². The Hall–Kier alpha value is -2.53. The number of Topliss-reactive ketones (excluding diaryl/α,β-unsaturated/α-hetero) is 1. The summed E-state index contributed by atoms with van der Waals surface area (Å²) in [4.78, 5) is 27.9. The SMILES string of the molecule is CC(=O)c1ccc(N2CCN(C(=O)COc3ccc(Cl)cc3C)CC2)cc1. The van der Waals surface area contributed by atoms with E-state index in [1.165, 1.54) is 0 Å². The Morgan fingerprint density at radius 3 is 2.30 bits per heavy atom. The highest BCUT2D eigenvalue weighted by atomic mass is 35.5. The van der Waals surface area contributed by atoms with Crippen LogP contribution in [0.1, 0.15) is 22.8 Å². The number of anilines is 1. The van der Waals surface area contributed by atoms with Crippen LogP contribution in [0.4, 0.5) is 5.69 Å². The Balaban J connectivity index is 1.51. The molecule has 0 saturated carbocycles. The van der Waals surface area contributed by atoms with Crippen LogP contribution >= 0.6 is 11.6 Å². The molecule has 1 fully saturated rings. The minimum atomic E-state index is -0.0177. The van der Waals surface area contributed by atoms with Crippen LogP contribution in [0.15, 0.2) is 42.5 Å². The number of benzene rings is 2. The second kappa shape index (κ2) is 8.44. The van der Waals surface area contributed by atoms with Gasteiger partial charge in [0.1, 0.15) is 5.75 Å². The van der Waals surface area contributed by atoms with Gasteiger partial charge < -0.3 is 14.5 Å². The van der Waals surface area contributed by atoms with E-state index in [0.717, 1.165) is 24.3 Å². The van der Waals surface area contributed by atoms with Gasteiger partial charge in [-0.05, 0) is 61.9 Å². The van der Waals surface area contributed by atoms with E-state index in [-0.39, 0.29) is 18.3 Å². The summed E-state index contributed by atoms with van der Waals surface area (Å²) in [5.41, 5.74) is 2.69. The summed E-state index contributed by atoms with van der Waals surface area (Å²) in [7, 11) is 0. The molecule has 0 spiro atoms. The van der Waals surface area contributed by atoms with Gasteiger partial charge in [-0.2, -0.15) is 0 Å². The second-order valence-corrected chi connectivity index (χ2v) is 7.11. The minimum absolute atomic E-state index is 0.0177. The topological polar surface area (TPSA) is 49.9 Å². The lowest BCUT2D eigenvalue weighted by atomic mass is 10.1.